The fraction of sp³-hybridized carbons (Fsp3) is 0.0500. The zero-order valence-corrected chi connectivity index (χ0v) is 16.4. The SMILES string of the molecule is O=C(/C=C/c1ccc(Br)cc1)OCc1cc(=O)n2c(n1)sc1ccccc12. The molecule has 5 nitrogen and oxygen atoms in total. The molecule has 7 heteroatoms. The minimum absolute atomic E-state index is 0.0521. The second-order valence-electron chi connectivity index (χ2n) is 5.77. The molecule has 0 aliphatic carbocycles. The summed E-state index contributed by atoms with van der Waals surface area (Å²) in [4.78, 5) is 29.4. The lowest BCUT2D eigenvalue weighted by Gasteiger charge is -2.02. The van der Waals surface area contributed by atoms with E-state index in [-0.39, 0.29) is 12.2 Å². The summed E-state index contributed by atoms with van der Waals surface area (Å²) in [6.45, 7) is -0.0521. The zero-order chi connectivity index (χ0) is 18.8. The van der Waals surface area contributed by atoms with Gasteiger partial charge < -0.3 is 4.74 Å². The van der Waals surface area contributed by atoms with E-state index >= 15 is 0 Å². The van der Waals surface area contributed by atoms with E-state index in [9.17, 15) is 9.59 Å². The number of aromatic nitrogens is 2. The predicted octanol–water partition coefficient (Wildman–Crippen LogP) is 4.43. The second kappa shape index (κ2) is 7.46. The Bertz CT molecular complexity index is 1230. The van der Waals surface area contributed by atoms with Crippen molar-refractivity contribution in [3.05, 3.63) is 86.8 Å². The van der Waals surface area contributed by atoms with Gasteiger partial charge in [-0.15, -0.1) is 0 Å². The van der Waals surface area contributed by atoms with Crippen LogP contribution in [0.2, 0.25) is 0 Å². The molecule has 2 aromatic carbocycles. The molecule has 0 atom stereocenters. The van der Waals surface area contributed by atoms with Gasteiger partial charge >= 0.3 is 5.97 Å². The Kier molecular flexibility index (Phi) is 4.87. The Morgan fingerprint density at radius 1 is 1.19 bits per heavy atom. The maximum atomic E-state index is 12.4. The Morgan fingerprint density at radius 3 is 2.78 bits per heavy atom. The van der Waals surface area contributed by atoms with E-state index in [0.29, 0.717) is 10.7 Å². The van der Waals surface area contributed by atoms with Crippen molar-refractivity contribution in [2.75, 3.05) is 0 Å². The van der Waals surface area contributed by atoms with Crippen molar-refractivity contribution >= 4 is 54.5 Å². The largest absolute Gasteiger partial charge is 0.456 e. The number of esters is 1. The van der Waals surface area contributed by atoms with E-state index in [2.05, 4.69) is 20.9 Å². The fourth-order valence-electron chi connectivity index (χ4n) is 2.63. The van der Waals surface area contributed by atoms with Crippen LogP contribution in [0, 0.1) is 0 Å². The van der Waals surface area contributed by atoms with Crippen molar-refractivity contribution in [1.82, 2.24) is 9.38 Å². The molecule has 0 aliphatic rings. The average molecular weight is 441 g/mol. The predicted molar refractivity (Wildman–Crippen MR) is 110 cm³/mol. The molecule has 0 saturated carbocycles. The number of carbonyl (C=O) groups excluding carboxylic acids is 1. The van der Waals surface area contributed by atoms with Crippen molar-refractivity contribution in [3.63, 3.8) is 0 Å². The van der Waals surface area contributed by atoms with E-state index in [1.54, 1.807) is 10.5 Å². The summed E-state index contributed by atoms with van der Waals surface area (Å²) in [6.07, 6.45) is 3.03. The normalized spacial score (nSPS) is 11.4. The molecule has 0 unspecified atom stereocenters. The summed E-state index contributed by atoms with van der Waals surface area (Å²) in [5, 5.41) is 0. The summed E-state index contributed by atoms with van der Waals surface area (Å²) < 4.78 is 8.73. The van der Waals surface area contributed by atoms with E-state index in [1.807, 2.05) is 48.5 Å². The van der Waals surface area contributed by atoms with Gasteiger partial charge in [0.2, 0.25) is 0 Å². The van der Waals surface area contributed by atoms with Gasteiger partial charge in [-0.1, -0.05) is 51.5 Å². The van der Waals surface area contributed by atoms with Gasteiger partial charge in [0.25, 0.3) is 5.56 Å². The number of benzene rings is 2. The first kappa shape index (κ1) is 17.6. The number of nitrogens with zero attached hydrogens (tertiary/aromatic N) is 2. The minimum atomic E-state index is -0.490. The highest BCUT2D eigenvalue weighted by Gasteiger charge is 2.10. The monoisotopic (exact) mass is 440 g/mol. The van der Waals surface area contributed by atoms with Crippen LogP contribution < -0.4 is 5.56 Å². The Hall–Kier alpha value is -2.77. The van der Waals surface area contributed by atoms with Crippen molar-refractivity contribution in [3.8, 4) is 0 Å². The standard InChI is InChI=1S/C20H13BrN2O3S/c21-14-8-5-13(6-9-14)7-10-19(25)26-12-15-11-18(24)23-16-3-1-2-4-17(16)27-20(23)22-15/h1-11H,12H2/b10-7+. The van der Waals surface area contributed by atoms with Gasteiger partial charge in [0.1, 0.15) is 6.61 Å². The van der Waals surface area contributed by atoms with Crippen LogP contribution in [0.3, 0.4) is 0 Å². The summed E-state index contributed by atoms with van der Waals surface area (Å²) >= 11 is 4.79. The molecule has 0 aliphatic heterocycles. The molecule has 2 aromatic heterocycles. The van der Waals surface area contributed by atoms with Crippen LogP contribution in [-0.4, -0.2) is 15.4 Å². The molecule has 0 N–H and O–H groups in total. The molecule has 4 rings (SSSR count). The summed E-state index contributed by atoms with van der Waals surface area (Å²) in [6, 6.07) is 16.6. The van der Waals surface area contributed by atoms with Gasteiger partial charge in [0.05, 0.1) is 15.9 Å². The number of halogens is 1. The molecular formula is C20H13BrN2O3S. The van der Waals surface area contributed by atoms with Crippen LogP contribution >= 0.6 is 27.3 Å². The van der Waals surface area contributed by atoms with Crippen molar-refractivity contribution in [2.24, 2.45) is 0 Å². The highest BCUT2D eigenvalue weighted by atomic mass is 79.9. The first-order valence-corrected chi connectivity index (χ1v) is 9.72. The van der Waals surface area contributed by atoms with E-state index < -0.39 is 5.97 Å². The molecule has 0 spiro atoms. The minimum Gasteiger partial charge on any atom is -0.456 e. The van der Waals surface area contributed by atoms with Crippen LogP contribution in [0.4, 0.5) is 0 Å². The first-order valence-electron chi connectivity index (χ1n) is 8.11. The van der Waals surface area contributed by atoms with Crippen molar-refractivity contribution in [2.45, 2.75) is 6.61 Å². The van der Waals surface area contributed by atoms with E-state index in [1.165, 1.54) is 23.5 Å². The number of fused-ring (bicyclic) bond motifs is 3. The molecule has 0 radical (unpaired) electrons. The topological polar surface area (TPSA) is 60.7 Å². The van der Waals surface area contributed by atoms with Crippen LogP contribution in [0.1, 0.15) is 11.3 Å². The lowest BCUT2D eigenvalue weighted by Crippen LogP contribution is -2.14. The quantitative estimate of drug-likeness (QED) is 0.347. The van der Waals surface area contributed by atoms with Gasteiger partial charge in [0, 0.05) is 16.6 Å². The third-order valence-corrected chi connectivity index (χ3v) is 5.44. The molecular weight excluding hydrogens is 428 g/mol. The smallest absolute Gasteiger partial charge is 0.331 e. The molecule has 0 fully saturated rings. The number of hydrogen-bond donors (Lipinski definition) is 0. The Labute approximate surface area is 166 Å². The van der Waals surface area contributed by atoms with Crippen LogP contribution in [0.25, 0.3) is 21.3 Å². The third-order valence-electron chi connectivity index (χ3n) is 3.89. The van der Waals surface area contributed by atoms with Crippen LogP contribution in [0.5, 0.6) is 0 Å². The number of para-hydroxylation sites is 1. The number of thiazole rings is 1. The van der Waals surface area contributed by atoms with Crippen molar-refractivity contribution < 1.29 is 9.53 Å². The average Bonchev–Trinajstić information content (AvgIpc) is 3.05. The maximum Gasteiger partial charge on any atom is 0.331 e. The highest BCUT2D eigenvalue weighted by molar-refractivity contribution is 9.10. The lowest BCUT2D eigenvalue weighted by molar-refractivity contribution is -0.139. The van der Waals surface area contributed by atoms with E-state index in [4.69, 9.17) is 4.74 Å². The molecule has 4 aromatic rings. The number of hydrogen-bond acceptors (Lipinski definition) is 5. The lowest BCUT2D eigenvalue weighted by atomic mass is 10.2. The number of rotatable bonds is 4. The second-order valence-corrected chi connectivity index (χ2v) is 7.69. The van der Waals surface area contributed by atoms with Crippen molar-refractivity contribution in [1.29, 1.82) is 0 Å². The molecule has 134 valence electrons. The molecule has 0 amide bonds. The highest BCUT2D eigenvalue weighted by Crippen LogP contribution is 2.23. The fourth-order valence-corrected chi connectivity index (χ4v) is 3.94. The maximum absolute atomic E-state index is 12.4. The third kappa shape index (κ3) is 3.84. The summed E-state index contributed by atoms with van der Waals surface area (Å²) in [5.41, 5.74) is 1.96. The van der Waals surface area contributed by atoms with Gasteiger partial charge in [0.15, 0.2) is 4.96 Å². The Morgan fingerprint density at radius 2 is 1.96 bits per heavy atom. The van der Waals surface area contributed by atoms with Crippen LogP contribution in [0.15, 0.2) is 69.9 Å². The van der Waals surface area contributed by atoms with Crippen LogP contribution in [-0.2, 0) is 16.1 Å². The first-order chi connectivity index (χ1) is 13.1. The molecule has 0 bridgehead atoms. The van der Waals surface area contributed by atoms with E-state index in [0.717, 1.165) is 20.3 Å². The number of carbonyl (C=O) groups is 1. The molecule has 27 heavy (non-hydrogen) atoms. The molecule has 2 heterocycles. The van der Waals surface area contributed by atoms with Gasteiger partial charge in [-0.25, -0.2) is 9.78 Å². The summed E-state index contributed by atoms with van der Waals surface area (Å²) in [5.74, 6) is -0.490. The van der Waals surface area contributed by atoms with Gasteiger partial charge in [-0.3, -0.25) is 9.20 Å². The zero-order valence-electron chi connectivity index (χ0n) is 14.0. The Balaban J connectivity index is 1.50. The number of ether oxygens (including phenoxy) is 1. The van der Waals surface area contributed by atoms with Gasteiger partial charge in [-0.05, 0) is 35.9 Å². The molecule has 0 saturated heterocycles. The summed E-state index contributed by atoms with van der Waals surface area (Å²) in [7, 11) is 0. The van der Waals surface area contributed by atoms with Gasteiger partial charge in [-0.2, -0.15) is 0 Å².